The second kappa shape index (κ2) is 2.83. The fraction of sp³-hybridized carbons (Fsp3) is 0. The van der Waals surface area contributed by atoms with Crippen molar-refractivity contribution in [1.29, 1.82) is 0 Å². The first-order valence-corrected chi connectivity index (χ1v) is 3.94. The van der Waals surface area contributed by atoms with Gasteiger partial charge in [-0.1, -0.05) is 0 Å². The van der Waals surface area contributed by atoms with Gasteiger partial charge in [-0.2, -0.15) is 0 Å². The monoisotopic (exact) mass is 225 g/mol. The molecule has 41 valence electrons. The van der Waals surface area contributed by atoms with Crippen LogP contribution in [-0.2, 0) is 40.6 Å². The van der Waals surface area contributed by atoms with Crippen LogP contribution in [0.4, 0.5) is 0 Å². The van der Waals surface area contributed by atoms with E-state index in [0.717, 1.165) is 0 Å². The minimum absolute atomic E-state index is 0. The fourth-order valence-electron chi connectivity index (χ4n) is 0. The van der Waals surface area contributed by atoms with Crippen LogP contribution >= 0.6 is 0 Å². The number of hydrogen-bond donors (Lipinski definition) is 0. The Morgan fingerprint density at radius 1 is 1.17 bits per heavy atom. The van der Waals surface area contributed by atoms with Crippen molar-refractivity contribution in [3.63, 3.8) is 0 Å². The molecule has 4 nitrogen and oxygen atoms in total. The van der Waals surface area contributed by atoms with E-state index < -0.39 is 16.7 Å². The maximum absolute atomic E-state index is 8.63. The Kier molecular flexibility index (Phi) is 4.66. The van der Waals surface area contributed by atoms with Gasteiger partial charge in [0.15, 0.2) is 0 Å². The van der Waals surface area contributed by atoms with Crippen LogP contribution in [0.15, 0.2) is 0 Å². The second-order valence-corrected chi connectivity index (χ2v) is 2.42. The molecule has 6 heteroatoms. The van der Waals surface area contributed by atoms with Gasteiger partial charge in [0.05, 0.1) is 0 Å². The standard InChI is InChI=1S/Cu.Mo.4O/q+2;;;;2*-1. The third-order valence-electron chi connectivity index (χ3n) is 0. The van der Waals surface area contributed by atoms with E-state index in [1.165, 1.54) is 0 Å². The Morgan fingerprint density at radius 3 is 1.17 bits per heavy atom. The first-order chi connectivity index (χ1) is 2.00. The van der Waals surface area contributed by atoms with Crippen molar-refractivity contribution in [1.82, 2.24) is 0 Å². The van der Waals surface area contributed by atoms with Crippen molar-refractivity contribution in [2.45, 2.75) is 0 Å². The molecule has 0 bridgehead atoms. The van der Waals surface area contributed by atoms with Gasteiger partial charge in [0.2, 0.25) is 0 Å². The van der Waals surface area contributed by atoms with Crippen molar-refractivity contribution < 1.29 is 48.1 Å². The molecule has 0 atom stereocenters. The summed E-state index contributed by atoms with van der Waals surface area (Å²) in [5.74, 6) is 0. The van der Waals surface area contributed by atoms with E-state index in [1.54, 1.807) is 0 Å². The van der Waals surface area contributed by atoms with Crippen LogP contribution in [0.2, 0.25) is 0 Å². The summed E-state index contributed by atoms with van der Waals surface area (Å²) in [5, 5.41) is 0. The summed E-state index contributed by atoms with van der Waals surface area (Å²) < 4.78 is 34.5. The Morgan fingerprint density at radius 2 is 1.17 bits per heavy atom. The topological polar surface area (TPSA) is 80.3 Å². The Bertz CT molecular complexity index is 90.7. The predicted molar refractivity (Wildman–Crippen MR) is 1.37 cm³/mol. The SMILES string of the molecule is [Cu+2].[O]=[Mo](=[O])([O-])[O-]. The Hall–Kier alpha value is 0.728. The van der Waals surface area contributed by atoms with E-state index in [2.05, 4.69) is 0 Å². The van der Waals surface area contributed by atoms with Crippen LogP contribution in [0.25, 0.3) is 0 Å². The molecular weight excluding hydrogens is 223 g/mol. The molecule has 0 spiro atoms. The van der Waals surface area contributed by atoms with Gasteiger partial charge in [-0.3, -0.25) is 0 Å². The molecule has 0 aromatic rings. The molecule has 0 aliphatic carbocycles. The van der Waals surface area contributed by atoms with Crippen molar-refractivity contribution in [2.24, 2.45) is 0 Å². The first-order valence-electron chi connectivity index (χ1n) is 0.667. The zero-order valence-electron chi connectivity index (χ0n) is 2.34. The molecular formula is CuMoO4. The molecule has 1 radical (unpaired) electrons. The second-order valence-electron chi connectivity index (χ2n) is 0.408. The van der Waals surface area contributed by atoms with Crippen LogP contribution < -0.4 is 7.52 Å². The van der Waals surface area contributed by atoms with Crippen LogP contribution in [-0.4, -0.2) is 0 Å². The molecule has 0 heterocycles. The molecule has 0 amide bonds. The van der Waals surface area contributed by atoms with Gasteiger partial charge >= 0.3 is 48.1 Å². The molecule has 0 unspecified atom stereocenters. The zero-order chi connectivity index (χ0) is 4.50. The summed E-state index contributed by atoms with van der Waals surface area (Å²) >= 11 is -6.02. The van der Waals surface area contributed by atoms with Crippen LogP contribution in [0.5, 0.6) is 0 Å². The average molecular weight is 223 g/mol. The average Bonchev–Trinajstić information content (AvgIpc) is 0.722. The molecule has 0 aliphatic rings. The quantitative estimate of drug-likeness (QED) is 0.421. The van der Waals surface area contributed by atoms with Crippen LogP contribution in [0.3, 0.4) is 0 Å². The van der Waals surface area contributed by atoms with E-state index in [-0.39, 0.29) is 17.1 Å². The van der Waals surface area contributed by atoms with E-state index >= 15 is 0 Å². The summed E-state index contributed by atoms with van der Waals surface area (Å²) in [6, 6.07) is 0. The predicted octanol–water partition coefficient (Wildman–Crippen LogP) is -2.62. The molecule has 0 aromatic heterocycles. The Labute approximate surface area is 48.4 Å². The third-order valence-corrected chi connectivity index (χ3v) is 0. The van der Waals surface area contributed by atoms with Crippen molar-refractivity contribution >= 4 is 0 Å². The first kappa shape index (κ1) is 9.87. The molecule has 0 rings (SSSR count). The molecule has 6 heavy (non-hydrogen) atoms. The number of rotatable bonds is 0. The van der Waals surface area contributed by atoms with Crippen LogP contribution in [0, 0.1) is 0 Å². The molecule has 0 saturated heterocycles. The summed E-state index contributed by atoms with van der Waals surface area (Å²) in [5.41, 5.74) is 0. The molecule has 0 aromatic carbocycles. The Balaban J connectivity index is 0. The normalized spacial score (nSPS) is 9.67. The molecule has 0 fully saturated rings. The molecule has 0 saturated carbocycles. The zero-order valence-corrected chi connectivity index (χ0v) is 5.29. The van der Waals surface area contributed by atoms with E-state index in [4.69, 9.17) is 14.3 Å². The third kappa shape index (κ3) is 124. The van der Waals surface area contributed by atoms with Gasteiger partial charge in [0, 0.05) is 0 Å². The number of hydrogen-bond acceptors (Lipinski definition) is 4. The van der Waals surface area contributed by atoms with Gasteiger partial charge in [-0.25, -0.2) is 0 Å². The van der Waals surface area contributed by atoms with E-state index in [1.807, 2.05) is 0 Å². The summed E-state index contributed by atoms with van der Waals surface area (Å²) in [4.78, 5) is 0. The van der Waals surface area contributed by atoms with Crippen LogP contribution in [0.1, 0.15) is 0 Å². The van der Waals surface area contributed by atoms with Crippen molar-refractivity contribution in [3.8, 4) is 0 Å². The summed E-state index contributed by atoms with van der Waals surface area (Å²) in [7, 11) is 0. The van der Waals surface area contributed by atoms with Gasteiger partial charge < -0.3 is 0 Å². The molecule has 0 aliphatic heterocycles. The van der Waals surface area contributed by atoms with Crippen molar-refractivity contribution in [2.75, 3.05) is 0 Å². The molecule has 0 N–H and O–H groups in total. The summed E-state index contributed by atoms with van der Waals surface area (Å²) in [6.07, 6.45) is 0. The van der Waals surface area contributed by atoms with E-state index in [0.29, 0.717) is 0 Å². The fourth-order valence-corrected chi connectivity index (χ4v) is 0. The summed E-state index contributed by atoms with van der Waals surface area (Å²) in [6.45, 7) is 0. The van der Waals surface area contributed by atoms with Crippen molar-refractivity contribution in [3.05, 3.63) is 0 Å². The van der Waals surface area contributed by atoms with Gasteiger partial charge in [0.25, 0.3) is 0 Å². The minimum atomic E-state index is -6.02. The van der Waals surface area contributed by atoms with Gasteiger partial charge in [-0.15, -0.1) is 0 Å². The van der Waals surface area contributed by atoms with E-state index in [9.17, 15) is 0 Å². The van der Waals surface area contributed by atoms with Gasteiger partial charge in [-0.05, 0) is 0 Å². The maximum atomic E-state index is 8.63. The van der Waals surface area contributed by atoms with Gasteiger partial charge in [0.1, 0.15) is 0 Å².